The van der Waals surface area contributed by atoms with Gasteiger partial charge in [-0.05, 0) is 36.8 Å². The summed E-state index contributed by atoms with van der Waals surface area (Å²) in [6.45, 7) is 0. The summed E-state index contributed by atoms with van der Waals surface area (Å²) in [5.74, 6) is 1.61. The number of pyridine rings is 1. The molecule has 18 heavy (non-hydrogen) atoms. The second kappa shape index (κ2) is 4.72. The van der Waals surface area contributed by atoms with Crippen LogP contribution < -0.4 is 5.43 Å². The Bertz CT molecular complexity index is 495. The molecular weight excluding hydrogens is 226 g/mol. The lowest BCUT2D eigenvalue weighted by Gasteiger charge is -2.11. The summed E-state index contributed by atoms with van der Waals surface area (Å²) in [5.41, 5.74) is 3.08. The number of rotatable bonds is 3. The van der Waals surface area contributed by atoms with Crippen molar-refractivity contribution in [1.82, 2.24) is 10.4 Å². The van der Waals surface area contributed by atoms with Gasteiger partial charge in [-0.3, -0.25) is 9.78 Å². The minimum Gasteiger partial charge on any atom is -0.267 e. The zero-order valence-corrected chi connectivity index (χ0v) is 9.99. The highest BCUT2D eigenvalue weighted by atomic mass is 16.2. The van der Waals surface area contributed by atoms with E-state index in [9.17, 15) is 4.79 Å². The summed E-state index contributed by atoms with van der Waals surface area (Å²) in [7, 11) is 0. The van der Waals surface area contributed by atoms with Crippen LogP contribution in [0.2, 0.25) is 0 Å². The lowest BCUT2D eigenvalue weighted by molar-refractivity contribution is 0.0954. The zero-order chi connectivity index (χ0) is 12.4. The van der Waals surface area contributed by atoms with Gasteiger partial charge >= 0.3 is 0 Å². The number of amides is 1. The molecule has 0 radical (unpaired) electrons. The van der Waals surface area contributed by atoms with Crippen molar-refractivity contribution in [3.63, 3.8) is 0 Å². The Morgan fingerprint density at radius 1 is 1.44 bits per heavy atom. The molecule has 1 aromatic rings. The van der Waals surface area contributed by atoms with E-state index < -0.39 is 0 Å². The molecule has 3 rings (SSSR count). The van der Waals surface area contributed by atoms with Crippen LogP contribution in [0.15, 0.2) is 41.8 Å². The number of nitrogens with zero attached hydrogens (tertiary/aromatic N) is 2. The molecule has 2 aliphatic carbocycles. The first-order valence-electron chi connectivity index (χ1n) is 6.25. The van der Waals surface area contributed by atoms with E-state index in [4.69, 9.17) is 0 Å². The molecule has 0 aliphatic heterocycles. The van der Waals surface area contributed by atoms with Crippen LogP contribution in [-0.4, -0.2) is 17.1 Å². The Labute approximate surface area is 106 Å². The number of hydrogen-bond donors (Lipinski definition) is 1. The third-order valence-corrected chi connectivity index (χ3v) is 3.69. The van der Waals surface area contributed by atoms with Gasteiger partial charge in [0.1, 0.15) is 0 Å². The largest absolute Gasteiger partial charge is 0.272 e. The SMILES string of the molecule is O=C(N/N=C\[C@@H]1C[C@H]2C=C[C@@H]1C2)c1cccnc1. The van der Waals surface area contributed by atoms with E-state index in [1.54, 1.807) is 18.3 Å². The summed E-state index contributed by atoms with van der Waals surface area (Å²) < 4.78 is 0. The second-order valence-corrected chi connectivity index (χ2v) is 4.90. The van der Waals surface area contributed by atoms with E-state index in [0.717, 1.165) is 12.3 Å². The Hall–Kier alpha value is -1.97. The molecule has 1 fully saturated rings. The summed E-state index contributed by atoms with van der Waals surface area (Å²) in [4.78, 5) is 15.6. The Kier molecular flexibility index (Phi) is 2.92. The van der Waals surface area contributed by atoms with E-state index in [2.05, 4.69) is 27.7 Å². The predicted molar refractivity (Wildman–Crippen MR) is 69.0 cm³/mol. The zero-order valence-electron chi connectivity index (χ0n) is 9.99. The summed E-state index contributed by atoms with van der Waals surface area (Å²) >= 11 is 0. The Morgan fingerprint density at radius 3 is 3.06 bits per heavy atom. The molecule has 92 valence electrons. The van der Waals surface area contributed by atoms with Crippen molar-refractivity contribution in [2.24, 2.45) is 22.9 Å². The van der Waals surface area contributed by atoms with Gasteiger partial charge in [0.15, 0.2) is 0 Å². The highest BCUT2D eigenvalue weighted by Gasteiger charge is 2.34. The van der Waals surface area contributed by atoms with Crippen LogP contribution in [-0.2, 0) is 0 Å². The highest BCUT2D eigenvalue weighted by Crippen LogP contribution is 2.42. The van der Waals surface area contributed by atoms with Crippen LogP contribution in [0.3, 0.4) is 0 Å². The molecule has 0 saturated heterocycles. The van der Waals surface area contributed by atoms with Gasteiger partial charge in [0.05, 0.1) is 5.56 Å². The van der Waals surface area contributed by atoms with Gasteiger partial charge in [0, 0.05) is 24.5 Å². The number of hydrogen-bond acceptors (Lipinski definition) is 3. The predicted octanol–water partition coefficient (Wildman–Crippen LogP) is 2.01. The molecule has 1 N–H and O–H groups in total. The lowest BCUT2D eigenvalue weighted by atomic mass is 9.95. The van der Waals surface area contributed by atoms with Gasteiger partial charge in [0.2, 0.25) is 0 Å². The van der Waals surface area contributed by atoms with Crippen LogP contribution in [0.5, 0.6) is 0 Å². The van der Waals surface area contributed by atoms with Crippen molar-refractivity contribution in [2.45, 2.75) is 12.8 Å². The van der Waals surface area contributed by atoms with E-state index in [1.807, 2.05) is 6.21 Å². The molecule has 0 spiro atoms. The molecule has 0 unspecified atom stereocenters. The maximum Gasteiger partial charge on any atom is 0.272 e. The van der Waals surface area contributed by atoms with Gasteiger partial charge in [-0.2, -0.15) is 5.10 Å². The first-order chi connectivity index (χ1) is 8.83. The number of aromatic nitrogens is 1. The number of carbonyl (C=O) groups excluding carboxylic acids is 1. The van der Waals surface area contributed by atoms with E-state index >= 15 is 0 Å². The molecule has 2 aliphatic rings. The van der Waals surface area contributed by atoms with E-state index in [0.29, 0.717) is 17.4 Å². The topological polar surface area (TPSA) is 54.4 Å². The van der Waals surface area contributed by atoms with Crippen molar-refractivity contribution in [1.29, 1.82) is 0 Å². The van der Waals surface area contributed by atoms with Gasteiger partial charge < -0.3 is 0 Å². The fourth-order valence-corrected chi connectivity index (χ4v) is 2.75. The van der Waals surface area contributed by atoms with E-state index in [-0.39, 0.29) is 5.91 Å². The average Bonchev–Trinajstić information content (AvgIpc) is 3.02. The maximum absolute atomic E-state index is 11.7. The summed E-state index contributed by atoms with van der Waals surface area (Å²) in [5, 5.41) is 4.06. The number of fused-ring (bicyclic) bond motifs is 2. The number of nitrogens with one attached hydrogen (secondary N) is 1. The molecule has 1 amide bonds. The van der Waals surface area contributed by atoms with Crippen molar-refractivity contribution < 1.29 is 4.79 Å². The van der Waals surface area contributed by atoms with Crippen molar-refractivity contribution in [2.75, 3.05) is 0 Å². The normalized spacial score (nSPS) is 29.0. The first kappa shape index (κ1) is 11.1. The summed E-state index contributed by atoms with van der Waals surface area (Å²) in [6, 6.07) is 3.46. The Balaban J connectivity index is 1.55. The molecule has 4 heteroatoms. The third kappa shape index (κ3) is 2.18. The Morgan fingerprint density at radius 2 is 2.39 bits per heavy atom. The van der Waals surface area contributed by atoms with Gasteiger partial charge in [0.25, 0.3) is 5.91 Å². The molecular formula is C14H15N3O. The number of hydrazone groups is 1. The third-order valence-electron chi connectivity index (χ3n) is 3.69. The van der Waals surface area contributed by atoms with Crippen LogP contribution in [0.25, 0.3) is 0 Å². The lowest BCUT2D eigenvalue weighted by Crippen LogP contribution is -2.19. The molecule has 1 heterocycles. The molecule has 1 saturated carbocycles. The van der Waals surface area contributed by atoms with Crippen molar-refractivity contribution >= 4 is 12.1 Å². The van der Waals surface area contributed by atoms with Crippen LogP contribution in [0.4, 0.5) is 0 Å². The minimum absolute atomic E-state index is 0.210. The smallest absolute Gasteiger partial charge is 0.267 e. The molecule has 4 nitrogen and oxygen atoms in total. The first-order valence-corrected chi connectivity index (χ1v) is 6.25. The van der Waals surface area contributed by atoms with Gasteiger partial charge in [-0.1, -0.05) is 12.2 Å². The van der Waals surface area contributed by atoms with Crippen molar-refractivity contribution in [3.8, 4) is 0 Å². The number of allylic oxidation sites excluding steroid dienone is 2. The van der Waals surface area contributed by atoms with Crippen LogP contribution in [0, 0.1) is 17.8 Å². The summed E-state index contributed by atoms with van der Waals surface area (Å²) in [6.07, 6.45) is 12.0. The van der Waals surface area contributed by atoms with Crippen LogP contribution in [0.1, 0.15) is 23.2 Å². The fraction of sp³-hybridized carbons (Fsp3) is 0.357. The van der Waals surface area contributed by atoms with Gasteiger partial charge in [-0.15, -0.1) is 0 Å². The van der Waals surface area contributed by atoms with Crippen molar-refractivity contribution in [3.05, 3.63) is 42.2 Å². The molecule has 1 aromatic heterocycles. The quantitative estimate of drug-likeness (QED) is 0.500. The standard InChI is InChI=1S/C14H15N3O/c18-14(12-2-1-5-15-8-12)17-16-9-13-7-10-3-4-11(13)6-10/h1-5,8-11,13H,6-7H2,(H,17,18)/b16-9-/t10-,11+,13-/m0/s1. The van der Waals surface area contributed by atoms with E-state index in [1.165, 1.54) is 12.6 Å². The monoisotopic (exact) mass is 241 g/mol. The molecule has 3 atom stereocenters. The molecule has 0 aromatic carbocycles. The maximum atomic E-state index is 11.7. The molecule has 2 bridgehead atoms. The number of carbonyl (C=O) groups is 1. The fourth-order valence-electron chi connectivity index (χ4n) is 2.75. The van der Waals surface area contributed by atoms with Gasteiger partial charge in [-0.25, -0.2) is 5.43 Å². The average molecular weight is 241 g/mol. The minimum atomic E-state index is -0.210. The second-order valence-electron chi connectivity index (χ2n) is 4.90. The highest BCUT2D eigenvalue weighted by molar-refractivity contribution is 5.93. The van der Waals surface area contributed by atoms with Crippen LogP contribution >= 0.6 is 0 Å².